The van der Waals surface area contributed by atoms with Gasteiger partial charge >= 0.3 is 24.9 Å². The zero-order valence-corrected chi connectivity index (χ0v) is 37.0. The molecule has 0 radical (unpaired) electrons. The van der Waals surface area contributed by atoms with Crippen LogP contribution in [-0.2, 0) is 27.3 Å². The number of rotatable bonds is 14. The maximum atomic E-state index is 14.8. The van der Waals surface area contributed by atoms with E-state index in [9.17, 15) is 23.6 Å². The fourth-order valence-electron chi connectivity index (χ4n) is 9.07. The Balaban J connectivity index is 0.000000491. The summed E-state index contributed by atoms with van der Waals surface area (Å²) in [5.74, 6) is -0.401. The van der Waals surface area contributed by atoms with Gasteiger partial charge in [-0.1, -0.05) is 49.7 Å². The van der Waals surface area contributed by atoms with Gasteiger partial charge in [0.15, 0.2) is 0 Å². The molecule has 1 aromatic heterocycles. The predicted molar refractivity (Wildman–Crippen MR) is 238 cm³/mol. The number of piperidine rings is 2. The van der Waals surface area contributed by atoms with Gasteiger partial charge in [0.05, 0.1) is 12.4 Å². The number of hydrogen-bond acceptors (Lipinski definition) is 10. The van der Waals surface area contributed by atoms with Crippen molar-refractivity contribution in [2.45, 2.75) is 82.7 Å². The van der Waals surface area contributed by atoms with E-state index in [2.05, 4.69) is 46.6 Å². The van der Waals surface area contributed by atoms with Gasteiger partial charge in [-0.05, 0) is 87.0 Å². The number of unbranched alkanes of at least 4 members (excludes halogenated alkanes) is 4. The number of phenols is 1. The molecule has 0 bridgehead atoms. The van der Waals surface area contributed by atoms with Crippen LogP contribution in [0, 0.1) is 25.7 Å². The van der Waals surface area contributed by atoms with Gasteiger partial charge in [0, 0.05) is 50.5 Å². The number of fused-ring (bicyclic) bond motifs is 2. The summed E-state index contributed by atoms with van der Waals surface area (Å²) in [5, 5.41) is 13.5. The Hall–Kier alpha value is -5.42. The zero-order chi connectivity index (χ0) is 44.5. The van der Waals surface area contributed by atoms with Crippen molar-refractivity contribution in [3.05, 3.63) is 115 Å². The topological polar surface area (TPSA) is 149 Å². The van der Waals surface area contributed by atoms with E-state index in [1.54, 1.807) is 23.1 Å². The number of amides is 4. The first-order chi connectivity index (χ1) is 30.5. The molecule has 4 aliphatic rings. The Kier molecular flexibility index (Phi) is 16.9. The second-order valence-corrected chi connectivity index (χ2v) is 16.6. The number of hydrogen-bond donors (Lipinski definition) is 2. The van der Waals surface area contributed by atoms with Gasteiger partial charge in [0.1, 0.15) is 11.9 Å². The molecule has 64 heavy (non-hydrogen) atoms. The fourth-order valence-corrected chi connectivity index (χ4v) is 9.07. The van der Waals surface area contributed by atoms with E-state index < -0.39 is 17.8 Å². The van der Waals surface area contributed by atoms with E-state index in [0.717, 1.165) is 97.9 Å². The molecule has 334 valence electrons. The molecule has 8 rings (SSSR count). The number of phenolic OH excluding ortho intramolecular Hbond substituents is 1. The van der Waals surface area contributed by atoms with Crippen LogP contribution in [0.25, 0.3) is 10.8 Å². The Morgan fingerprint density at radius 1 is 0.984 bits per heavy atom. The number of anilines is 1. The first-order valence-corrected chi connectivity index (χ1v) is 22.1. The Morgan fingerprint density at radius 3 is 2.45 bits per heavy atom. The Bertz CT molecular complexity index is 2310. The molecule has 3 aromatic carbocycles. The molecule has 0 aliphatic carbocycles. The summed E-state index contributed by atoms with van der Waals surface area (Å²) in [6.07, 6.45) is 9.39. The SMILES string of the molecule is C=CC(=O)N1CCN(c2nc(OCCCCCCCN3CCC(c4cc(F)cc5c4CN(C4CCC(=O)NC4=O)C5=O)CC3)nc([CH2-])c2C[CH2-])CC1.Oc1c[c-]c2ccccc2c1.[Li+]. The molecule has 3 saturated heterocycles. The molecule has 1 atom stereocenters. The van der Waals surface area contributed by atoms with Crippen LogP contribution in [0.4, 0.5) is 10.2 Å². The van der Waals surface area contributed by atoms with E-state index in [0.29, 0.717) is 56.5 Å². The number of aromatic nitrogens is 2. The third kappa shape index (κ3) is 11.6. The molecule has 13 nitrogen and oxygen atoms in total. The molecular weight excluding hydrogens is 809 g/mol. The van der Waals surface area contributed by atoms with Gasteiger partial charge in [-0.25, -0.2) is 22.7 Å². The van der Waals surface area contributed by atoms with Gasteiger partial charge in [-0.2, -0.15) is 10.5 Å². The minimum atomic E-state index is -0.710. The maximum absolute atomic E-state index is 14.8. The molecule has 5 heterocycles. The number of carbonyl (C=O) groups is 4. The number of imide groups is 1. The first-order valence-electron chi connectivity index (χ1n) is 22.1. The average molecular weight is 866 g/mol. The predicted octanol–water partition coefficient (Wildman–Crippen LogP) is 3.33. The molecule has 15 heteroatoms. The van der Waals surface area contributed by atoms with Gasteiger partial charge in [0.25, 0.3) is 5.91 Å². The average Bonchev–Trinajstić information content (AvgIpc) is 3.61. The van der Waals surface area contributed by atoms with E-state index in [1.165, 1.54) is 17.0 Å². The second kappa shape index (κ2) is 22.5. The van der Waals surface area contributed by atoms with Crippen LogP contribution in [0.5, 0.6) is 11.8 Å². The molecule has 0 spiro atoms. The molecule has 1 unspecified atom stereocenters. The summed E-state index contributed by atoms with van der Waals surface area (Å²) in [4.78, 5) is 66.5. The fraction of sp³-hybridized carbons (Fsp3) is 0.429. The number of ether oxygens (including phenoxy) is 1. The summed E-state index contributed by atoms with van der Waals surface area (Å²) < 4.78 is 20.7. The maximum Gasteiger partial charge on any atom is 1.00 e. The molecule has 4 aromatic rings. The normalized spacial score (nSPS) is 17.9. The van der Waals surface area contributed by atoms with Crippen molar-refractivity contribution in [3.8, 4) is 11.8 Å². The summed E-state index contributed by atoms with van der Waals surface area (Å²) in [7, 11) is 0. The summed E-state index contributed by atoms with van der Waals surface area (Å²) in [5.41, 5.74) is 3.56. The standard InChI is InChI=1S/C39H50FN7O5.C10H7O.Li/c1-4-29-26(3)41-39(43-36(29)46-20-18-45(19-21-46)35(49)5-2)52-22-10-8-6-7-9-15-44-16-13-27(14-17-44)30-23-28(40)24-31-32(30)25-47(38(31)51)33-11-12-34(48)42-37(33)50;11-10-6-5-8-3-1-2-4-9(8)7-10;/h5,23-24,27,33H,1-4,6-22,25H2,(H,42,48,50);1-4,6-7,11H;/q-2;-1;+1. The van der Waals surface area contributed by atoms with Gasteiger partial charge in [-0.3, -0.25) is 24.5 Å². The molecule has 4 amide bonds. The van der Waals surface area contributed by atoms with Crippen molar-refractivity contribution in [1.29, 1.82) is 0 Å². The van der Waals surface area contributed by atoms with E-state index in [-0.39, 0.29) is 67.6 Å². The number of aromatic hydroxyl groups is 1. The largest absolute Gasteiger partial charge is 1.00 e. The first kappa shape index (κ1) is 48.0. The van der Waals surface area contributed by atoms with Crippen molar-refractivity contribution in [2.75, 3.05) is 57.3 Å². The van der Waals surface area contributed by atoms with E-state index in [4.69, 9.17) is 14.8 Å². The van der Waals surface area contributed by atoms with Crippen LogP contribution in [-0.4, -0.2) is 112 Å². The number of nitrogens with one attached hydrogen (secondary N) is 1. The summed E-state index contributed by atoms with van der Waals surface area (Å²) in [6, 6.07) is 16.6. The third-order valence-electron chi connectivity index (χ3n) is 12.5. The number of benzene rings is 3. The molecule has 4 aliphatic heterocycles. The number of halogens is 1. The van der Waals surface area contributed by atoms with Crippen molar-refractivity contribution < 1.29 is 52.3 Å². The van der Waals surface area contributed by atoms with E-state index >= 15 is 0 Å². The van der Waals surface area contributed by atoms with E-state index in [1.807, 2.05) is 24.3 Å². The number of piperazine rings is 1. The second-order valence-electron chi connectivity index (χ2n) is 16.6. The number of likely N-dealkylation sites (tertiary alicyclic amines) is 1. The smallest absolute Gasteiger partial charge is 0.551 e. The van der Waals surface area contributed by atoms with Crippen molar-refractivity contribution in [2.24, 2.45) is 0 Å². The monoisotopic (exact) mass is 865 g/mol. The Morgan fingerprint density at radius 2 is 1.72 bits per heavy atom. The van der Waals surface area contributed by atoms with Gasteiger partial charge < -0.3 is 36.4 Å². The van der Waals surface area contributed by atoms with Crippen LogP contribution in [0.1, 0.15) is 96.4 Å². The summed E-state index contributed by atoms with van der Waals surface area (Å²) in [6.45, 7) is 17.9. The van der Waals surface area contributed by atoms with Crippen LogP contribution in [0.2, 0.25) is 0 Å². The molecule has 2 N–H and O–H groups in total. The Labute approximate surface area is 387 Å². The third-order valence-corrected chi connectivity index (χ3v) is 12.5. The van der Waals surface area contributed by atoms with Crippen LogP contribution < -0.4 is 33.8 Å². The minimum Gasteiger partial charge on any atom is -0.551 e. The summed E-state index contributed by atoms with van der Waals surface area (Å²) >= 11 is 0. The zero-order valence-electron chi connectivity index (χ0n) is 37.0. The number of nitrogens with zero attached hydrogens (tertiary/aromatic N) is 6. The van der Waals surface area contributed by atoms with Gasteiger partial charge in [-0.15, -0.1) is 35.0 Å². The van der Waals surface area contributed by atoms with Crippen LogP contribution >= 0.6 is 0 Å². The van der Waals surface area contributed by atoms with Crippen molar-refractivity contribution in [1.82, 2.24) is 30.0 Å². The number of carbonyl (C=O) groups excluding carboxylic acids is 4. The minimum absolute atomic E-state index is 0. The molecule has 3 fully saturated rings. The molecular formula is C49H57FLiN7O6-2. The van der Waals surface area contributed by atoms with Crippen molar-refractivity contribution in [3.63, 3.8) is 0 Å². The van der Waals surface area contributed by atoms with Crippen LogP contribution in [0.15, 0.2) is 61.2 Å². The van der Waals surface area contributed by atoms with Crippen molar-refractivity contribution >= 4 is 40.2 Å². The quantitative estimate of drug-likeness (QED) is 0.0637. The van der Waals surface area contributed by atoms with Gasteiger partial charge in [0.2, 0.25) is 17.7 Å². The van der Waals surface area contributed by atoms with Crippen LogP contribution in [0.3, 0.4) is 0 Å². The molecule has 0 saturated carbocycles.